The van der Waals surface area contributed by atoms with Gasteiger partial charge in [-0.3, -0.25) is 9.97 Å². The van der Waals surface area contributed by atoms with Gasteiger partial charge in [-0.1, -0.05) is 39.8 Å². The van der Waals surface area contributed by atoms with Crippen molar-refractivity contribution in [3.05, 3.63) is 60.2 Å². The van der Waals surface area contributed by atoms with Crippen LogP contribution < -0.4 is 0 Å². The molecule has 26 heavy (non-hydrogen) atoms. The standard InChI is InChI=1S/2C11H17NO/c1-9(2)7-11(3,13)10-5-4-6-12-8-10;1-9(2)8-11(3,13)10-6-4-5-7-12-10/h4-6,8-9,13H,7H2,1-3H3;4-7,9,13H,8H2,1-3H3. The summed E-state index contributed by atoms with van der Waals surface area (Å²) in [6, 6.07) is 9.38. The van der Waals surface area contributed by atoms with Gasteiger partial charge in [0, 0.05) is 24.2 Å². The molecular formula is C22H34N2O2. The van der Waals surface area contributed by atoms with E-state index in [1.807, 2.05) is 44.2 Å². The number of nitrogens with zero attached hydrogens (tertiary/aromatic N) is 2. The summed E-state index contributed by atoms with van der Waals surface area (Å²) in [5.74, 6) is 0.951. The molecule has 0 saturated carbocycles. The zero-order valence-corrected chi connectivity index (χ0v) is 17.0. The fraction of sp³-hybridized carbons (Fsp3) is 0.545. The van der Waals surface area contributed by atoms with Gasteiger partial charge in [-0.05, 0) is 56.7 Å². The molecule has 0 bridgehead atoms. The van der Waals surface area contributed by atoms with Gasteiger partial charge in [0.2, 0.25) is 0 Å². The van der Waals surface area contributed by atoms with Crippen LogP contribution in [0.4, 0.5) is 0 Å². The molecule has 2 unspecified atom stereocenters. The van der Waals surface area contributed by atoms with Gasteiger partial charge in [-0.15, -0.1) is 0 Å². The Bertz CT molecular complexity index is 566. The zero-order valence-electron chi connectivity index (χ0n) is 17.0. The van der Waals surface area contributed by atoms with E-state index in [0.717, 1.165) is 24.1 Å². The third-order valence-corrected chi connectivity index (χ3v) is 4.11. The topological polar surface area (TPSA) is 66.2 Å². The number of aromatic nitrogens is 2. The Morgan fingerprint density at radius 2 is 1.46 bits per heavy atom. The average Bonchev–Trinajstić information content (AvgIpc) is 2.55. The average molecular weight is 359 g/mol. The predicted molar refractivity (Wildman–Crippen MR) is 107 cm³/mol. The van der Waals surface area contributed by atoms with E-state index >= 15 is 0 Å². The molecule has 0 saturated heterocycles. The van der Waals surface area contributed by atoms with E-state index in [1.165, 1.54) is 0 Å². The molecule has 0 amide bonds. The highest BCUT2D eigenvalue weighted by Gasteiger charge is 2.25. The van der Waals surface area contributed by atoms with E-state index in [4.69, 9.17) is 0 Å². The molecule has 0 fully saturated rings. The number of rotatable bonds is 6. The van der Waals surface area contributed by atoms with Gasteiger partial charge in [0.15, 0.2) is 0 Å². The first-order valence-electron chi connectivity index (χ1n) is 9.31. The van der Waals surface area contributed by atoms with E-state index in [9.17, 15) is 10.2 Å². The van der Waals surface area contributed by atoms with E-state index in [2.05, 4.69) is 37.7 Å². The quantitative estimate of drug-likeness (QED) is 0.787. The Labute approximate surface area is 158 Å². The lowest BCUT2D eigenvalue weighted by molar-refractivity contribution is 0.0305. The Morgan fingerprint density at radius 3 is 1.92 bits per heavy atom. The summed E-state index contributed by atoms with van der Waals surface area (Å²) in [7, 11) is 0. The van der Waals surface area contributed by atoms with Gasteiger partial charge in [-0.25, -0.2) is 0 Å². The van der Waals surface area contributed by atoms with Crippen LogP contribution in [0, 0.1) is 11.8 Å². The van der Waals surface area contributed by atoms with Gasteiger partial charge < -0.3 is 10.2 Å². The maximum absolute atomic E-state index is 10.1. The lowest BCUT2D eigenvalue weighted by Crippen LogP contribution is -2.24. The molecule has 0 aliphatic carbocycles. The highest BCUT2D eigenvalue weighted by atomic mass is 16.3. The summed E-state index contributed by atoms with van der Waals surface area (Å²) in [6.45, 7) is 12.0. The number of pyridine rings is 2. The Kier molecular flexibility index (Phi) is 8.38. The van der Waals surface area contributed by atoms with Crippen LogP contribution in [0.25, 0.3) is 0 Å². The molecule has 2 rings (SSSR count). The van der Waals surface area contributed by atoms with Gasteiger partial charge in [0.05, 0.1) is 11.3 Å². The molecular weight excluding hydrogens is 324 g/mol. The molecule has 2 aromatic heterocycles. The molecule has 0 aliphatic rings. The van der Waals surface area contributed by atoms with Crippen LogP contribution in [0.15, 0.2) is 48.9 Å². The van der Waals surface area contributed by atoms with Crippen molar-refractivity contribution in [2.75, 3.05) is 0 Å². The lowest BCUT2D eigenvalue weighted by Gasteiger charge is -2.25. The highest BCUT2D eigenvalue weighted by molar-refractivity contribution is 5.16. The van der Waals surface area contributed by atoms with Crippen LogP contribution in [0.1, 0.15) is 65.6 Å². The van der Waals surface area contributed by atoms with Crippen molar-refractivity contribution in [2.45, 2.75) is 65.6 Å². The maximum atomic E-state index is 10.1. The zero-order chi connectivity index (χ0) is 19.8. The fourth-order valence-electron chi connectivity index (χ4n) is 3.18. The SMILES string of the molecule is CC(C)CC(C)(O)c1ccccn1.CC(C)CC(C)(O)c1cccnc1. The highest BCUT2D eigenvalue weighted by Crippen LogP contribution is 2.27. The van der Waals surface area contributed by atoms with Gasteiger partial charge >= 0.3 is 0 Å². The summed E-state index contributed by atoms with van der Waals surface area (Å²) in [4.78, 5) is 8.15. The second-order valence-electron chi connectivity index (χ2n) is 8.20. The second kappa shape index (κ2) is 9.79. The van der Waals surface area contributed by atoms with Crippen LogP contribution in [0.3, 0.4) is 0 Å². The van der Waals surface area contributed by atoms with Crippen LogP contribution in [-0.2, 0) is 11.2 Å². The molecule has 2 N–H and O–H groups in total. The molecule has 0 spiro atoms. The van der Waals surface area contributed by atoms with Crippen molar-refractivity contribution in [2.24, 2.45) is 11.8 Å². The third kappa shape index (κ3) is 7.63. The second-order valence-corrected chi connectivity index (χ2v) is 8.20. The van der Waals surface area contributed by atoms with Crippen molar-refractivity contribution in [1.82, 2.24) is 9.97 Å². The first-order chi connectivity index (χ1) is 12.0. The van der Waals surface area contributed by atoms with Crippen molar-refractivity contribution >= 4 is 0 Å². The summed E-state index contributed by atoms with van der Waals surface area (Å²) in [5, 5.41) is 20.2. The molecule has 144 valence electrons. The van der Waals surface area contributed by atoms with Crippen molar-refractivity contribution in [1.29, 1.82) is 0 Å². The van der Waals surface area contributed by atoms with Crippen LogP contribution in [-0.4, -0.2) is 20.2 Å². The molecule has 0 radical (unpaired) electrons. The van der Waals surface area contributed by atoms with Gasteiger partial charge in [-0.2, -0.15) is 0 Å². The van der Waals surface area contributed by atoms with Crippen LogP contribution in [0.5, 0.6) is 0 Å². The Morgan fingerprint density at radius 1 is 0.846 bits per heavy atom. The first kappa shape index (κ1) is 22.3. The van der Waals surface area contributed by atoms with Crippen molar-refractivity contribution in [3.63, 3.8) is 0 Å². The Balaban J connectivity index is 0.000000260. The Hall–Kier alpha value is -1.78. The first-order valence-corrected chi connectivity index (χ1v) is 9.31. The monoisotopic (exact) mass is 358 g/mol. The van der Waals surface area contributed by atoms with E-state index in [1.54, 1.807) is 18.6 Å². The predicted octanol–water partition coefficient (Wildman–Crippen LogP) is 4.67. The van der Waals surface area contributed by atoms with Crippen LogP contribution >= 0.6 is 0 Å². The number of aliphatic hydroxyl groups is 2. The maximum Gasteiger partial charge on any atom is 0.104 e. The fourth-order valence-corrected chi connectivity index (χ4v) is 3.18. The van der Waals surface area contributed by atoms with Crippen LogP contribution in [0.2, 0.25) is 0 Å². The number of hydrogen-bond acceptors (Lipinski definition) is 4. The van der Waals surface area contributed by atoms with Gasteiger partial charge in [0.1, 0.15) is 5.60 Å². The molecule has 4 heteroatoms. The normalized spacial score (nSPS) is 15.8. The molecule has 2 atom stereocenters. The van der Waals surface area contributed by atoms with E-state index in [-0.39, 0.29) is 0 Å². The minimum absolute atomic E-state index is 0.469. The van der Waals surface area contributed by atoms with Gasteiger partial charge in [0.25, 0.3) is 0 Å². The summed E-state index contributed by atoms with van der Waals surface area (Å²) in [6.07, 6.45) is 6.66. The third-order valence-electron chi connectivity index (χ3n) is 4.11. The lowest BCUT2D eigenvalue weighted by atomic mass is 9.88. The summed E-state index contributed by atoms with van der Waals surface area (Å²) in [5.41, 5.74) is 0.102. The van der Waals surface area contributed by atoms with E-state index in [0.29, 0.717) is 11.8 Å². The largest absolute Gasteiger partial charge is 0.385 e. The molecule has 0 aliphatic heterocycles. The number of hydrogen-bond donors (Lipinski definition) is 2. The molecule has 0 aromatic carbocycles. The molecule has 2 aromatic rings. The van der Waals surface area contributed by atoms with Crippen molar-refractivity contribution < 1.29 is 10.2 Å². The van der Waals surface area contributed by atoms with E-state index < -0.39 is 11.2 Å². The summed E-state index contributed by atoms with van der Waals surface area (Å²) >= 11 is 0. The molecule has 2 heterocycles. The molecule has 4 nitrogen and oxygen atoms in total. The minimum Gasteiger partial charge on any atom is -0.385 e. The van der Waals surface area contributed by atoms with Crippen molar-refractivity contribution in [3.8, 4) is 0 Å². The summed E-state index contributed by atoms with van der Waals surface area (Å²) < 4.78 is 0. The smallest absolute Gasteiger partial charge is 0.104 e. The minimum atomic E-state index is -0.796.